The van der Waals surface area contributed by atoms with Crippen molar-refractivity contribution in [1.82, 2.24) is 10.2 Å². The molecule has 2 heterocycles. The molecule has 1 fully saturated rings. The summed E-state index contributed by atoms with van der Waals surface area (Å²) in [5.41, 5.74) is 0. The predicted octanol–water partition coefficient (Wildman–Crippen LogP) is 0.0110. The lowest BCUT2D eigenvalue weighted by Crippen LogP contribution is -2.34. The van der Waals surface area contributed by atoms with Crippen LogP contribution in [0.3, 0.4) is 0 Å². The topological polar surface area (TPSA) is 49.4 Å². The molecule has 1 N–H and O–H groups in total. The fourth-order valence-electron chi connectivity index (χ4n) is 1.95. The maximum absolute atomic E-state index is 11.4. The minimum atomic E-state index is -0.119. The molecule has 2 rings (SSSR count). The molecule has 1 unspecified atom stereocenters. The quantitative estimate of drug-likeness (QED) is 0.618. The summed E-state index contributed by atoms with van der Waals surface area (Å²) in [6.45, 7) is 2.33. The van der Waals surface area contributed by atoms with Crippen molar-refractivity contribution in [2.24, 2.45) is 0 Å². The Hall–Kier alpha value is -1.32. The molecule has 1 atom stereocenters. The van der Waals surface area contributed by atoms with E-state index in [2.05, 4.69) is 5.32 Å². The van der Waals surface area contributed by atoms with Crippen molar-refractivity contribution < 1.29 is 9.59 Å². The first-order valence-corrected chi connectivity index (χ1v) is 4.48. The van der Waals surface area contributed by atoms with Crippen LogP contribution in [0.5, 0.6) is 0 Å². The van der Waals surface area contributed by atoms with E-state index in [1.165, 1.54) is 13.0 Å². The van der Waals surface area contributed by atoms with E-state index in [0.717, 1.165) is 19.4 Å². The van der Waals surface area contributed by atoms with Crippen LogP contribution in [0, 0.1) is 0 Å². The lowest BCUT2D eigenvalue weighted by atomic mass is 10.2. The van der Waals surface area contributed by atoms with Gasteiger partial charge in [0.1, 0.15) is 5.82 Å². The van der Waals surface area contributed by atoms with Gasteiger partial charge >= 0.3 is 0 Å². The van der Waals surface area contributed by atoms with Crippen LogP contribution in [-0.4, -0.2) is 29.2 Å². The van der Waals surface area contributed by atoms with Gasteiger partial charge in [0.15, 0.2) is 5.78 Å². The third-order valence-electron chi connectivity index (χ3n) is 2.47. The second-order valence-electron chi connectivity index (χ2n) is 3.46. The molecule has 2 aliphatic heterocycles. The van der Waals surface area contributed by atoms with E-state index in [1.807, 2.05) is 4.90 Å². The molecule has 4 nitrogen and oxygen atoms in total. The smallest absolute Gasteiger partial charge is 0.222 e. The lowest BCUT2D eigenvalue weighted by Gasteiger charge is -2.20. The zero-order valence-electron chi connectivity index (χ0n) is 7.54. The van der Waals surface area contributed by atoms with Crippen LogP contribution >= 0.6 is 0 Å². The van der Waals surface area contributed by atoms with Crippen molar-refractivity contribution in [3.05, 3.63) is 11.9 Å². The molecule has 2 aliphatic rings. The molecule has 0 aromatic carbocycles. The minimum Gasteiger partial charge on any atom is -0.348 e. The van der Waals surface area contributed by atoms with Crippen molar-refractivity contribution in [3.63, 3.8) is 0 Å². The number of hydrogen-bond donors (Lipinski definition) is 1. The number of nitrogens with zero attached hydrogens (tertiary/aromatic N) is 1. The first kappa shape index (κ1) is 8.29. The summed E-state index contributed by atoms with van der Waals surface area (Å²) in [5.74, 6) is 0.688. The highest BCUT2D eigenvalue weighted by Gasteiger charge is 2.36. The SMILES string of the molecule is CC(=O)NC1=CC(=O)C2CCCN12. The van der Waals surface area contributed by atoms with Gasteiger partial charge in [-0.15, -0.1) is 0 Å². The van der Waals surface area contributed by atoms with E-state index in [4.69, 9.17) is 0 Å². The number of nitrogens with one attached hydrogen (secondary N) is 1. The first-order valence-electron chi connectivity index (χ1n) is 4.48. The summed E-state index contributed by atoms with van der Waals surface area (Å²) >= 11 is 0. The minimum absolute atomic E-state index is 0.00171. The maximum Gasteiger partial charge on any atom is 0.222 e. The Bertz CT molecular complexity index is 296. The van der Waals surface area contributed by atoms with Gasteiger partial charge in [0.2, 0.25) is 5.91 Å². The van der Waals surface area contributed by atoms with E-state index in [1.54, 1.807) is 0 Å². The number of hydrogen-bond acceptors (Lipinski definition) is 3. The van der Waals surface area contributed by atoms with Crippen LogP contribution in [-0.2, 0) is 9.59 Å². The molecule has 70 valence electrons. The van der Waals surface area contributed by atoms with Crippen LogP contribution in [0.25, 0.3) is 0 Å². The number of ketones is 1. The van der Waals surface area contributed by atoms with Gasteiger partial charge in [-0.25, -0.2) is 0 Å². The molecule has 0 aliphatic carbocycles. The third kappa shape index (κ3) is 1.32. The highest BCUT2D eigenvalue weighted by Crippen LogP contribution is 2.27. The molecule has 13 heavy (non-hydrogen) atoms. The summed E-state index contributed by atoms with van der Waals surface area (Å²) in [5, 5.41) is 2.67. The van der Waals surface area contributed by atoms with E-state index >= 15 is 0 Å². The molecule has 0 spiro atoms. The van der Waals surface area contributed by atoms with E-state index in [0.29, 0.717) is 5.82 Å². The second-order valence-corrected chi connectivity index (χ2v) is 3.46. The molecule has 1 amide bonds. The van der Waals surface area contributed by atoms with Gasteiger partial charge in [0, 0.05) is 19.5 Å². The lowest BCUT2D eigenvalue weighted by molar-refractivity contribution is -0.119. The number of rotatable bonds is 1. The molecular weight excluding hydrogens is 168 g/mol. The fraction of sp³-hybridized carbons (Fsp3) is 0.556. The van der Waals surface area contributed by atoms with Crippen LogP contribution in [0.15, 0.2) is 11.9 Å². The Labute approximate surface area is 76.6 Å². The van der Waals surface area contributed by atoms with Gasteiger partial charge in [-0.2, -0.15) is 0 Å². The Morgan fingerprint density at radius 2 is 2.46 bits per heavy atom. The van der Waals surface area contributed by atoms with Gasteiger partial charge in [0.05, 0.1) is 6.04 Å². The monoisotopic (exact) mass is 180 g/mol. The summed E-state index contributed by atoms with van der Waals surface area (Å²) in [6, 6.07) is 0.00171. The van der Waals surface area contributed by atoms with Crippen molar-refractivity contribution in [2.75, 3.05) is 6.54 Å². The molecule has 0 saturated carbocycles. The summed E-state index contributed by atoms with van der Waals surface area (Å²) in [6.07, 6.45) is 3.48. The Morgan fingerprint density at radius 3 is 3.15 bits per heavy atom. The average Bonchev–Trinajstić information content (AvgIpc) is 2.56. The van der Waals surface area contributed by atoms with Crippen molar-refractivity contribution in [3.8, 4) is 0 Å². The van der Waals surface area contributed by atoms with Crippen LogP contribution < -0.4 is 5.32 Å². The fourth-order valence-corrected chi connectivity index (χ4v) is 1.95. The van der Waals surface area contributed by atoms with Crippen LogP contribution in [0.1, 0.15) is 19.8 Å². The largest absolute Gasteiger partial charge is 0.348 e. The van der Waals surface area contributed by atoms with Gasteiger partial charge in [-0.3, -0.25) is 9.59 Å². The normalized spacial score (nSPS) is 25.9. The predicted molar refractivity (Wildman–Crippen MR) is 46.6 cm³/mol. The van der Waals surface area contributed by atoms with E-state index in [-0.39, 0.29) is 17.7 Å². The van der Waals surface area contributed by atoms with Gasteiger partial charge in [-0.1, -0.05) is 0 Å². The highest BCUT2D eigenvalue weighted by atomic mass is 16.2. The average molecular weight is 180 g/mol. The summed E-state index contributed by atoms with van der Waals surface area (Å²) in [4.78, 5) is 24.2. The number of carbonyl (C=O) groups excluding carboxylic acids is 2. The Balaban J connectivity index is 2.15. The molecule has 0 bridgehead atoms. The number of carbonyl (C=O) groups is 2. The Kier molecular flexibility index (Phi) is 1.83. The van der Waals surface area contributed by atoms with Crippen LogP contribution in [0.2, 0.25) is 0 Å². The number of fused-ring (bicyclic) bond motifs is 1. The molecule has 0 radical (unpaired) electrons. The molecular formula is C9H12N2O2. The van der Waals surface area contributed by atoms with E-state index in [9.17, 15) is 9.59 Å². The number of amides is 1. The maximum atomic E-state index is 11.4. The van der Waals surface area contributed by atoms with Crippen molar-refractivity contribution >= 4 is 11.7 Å². The highest BCUT2D eigenvalue weighted by molar-refractivity contribution is 5.98. The molecule has 4 heteroatoms. The van der Waals surface area contributed by atoms with Gasteiger partial charge < -0.3 is 10.2 Å². The van der Waals surface area contributed by atoms with E-state index < -0.39 is 0 Å². The molecule has 1 saturated heterocycles. The Morgan fingerprint density at radius 1 is 1.69 bits per heavy atom. The van der Waals surface area contributed by atoms with Crippen molar-refractivity contribution in [1.29, 1.82) is 0 Å². The van der Waals surface area contributed by atoms with Crippen LogP contribution in [0.4, 0.5) is 0 Å². The standard InChI is InChI=1S/C9H12N2O2/c1-6(12)10-9-5-8(13)7-3-2-4-11(7)9/h5,7H,2-4H2,1H3,(H,10,12). The summed E-state index contributed by atoms with van der Waals surface area (Å²) in [7, 11) is 0. The van der Waals surface area contributed by atoms with Crippen molar-refractivity contribution in [2.45, 2.75) is 25.8 Å². The summed E-state index contributed by atoms with van der Waals surface area (Å²) < 4.78 is 0. The molecule has 0 aromatic rings. The second kappa shape index (κ2) is 2.87. The van der Waals surface area contributed by atoms with Gasteiger partial charge in [0.25, 0.3) is 0 Å². The molecule has 0 aromatic heterocycles. The third-order valence-corrected chi connectivity index (χ3v) is 2.47. The zero-order valence-corrected chi connectivity index (χ0v) is 7.54. The zero-order chi connectivity index (χ0) is 9.42. The van der Waals surface area contributed by atoms with Gasteiger partial charge in [-0.05, 0) is 12.8 Å². The first-order chi connectivity index (χ1) is 6.18.